The van der Waals surface area contributed by atoms with E-state index < -0.39 is 5.60 Å². The van der Waals surface area contributed by atoms with E-state index in [-0.39, 0.29) is 5.82 Å². The second-order valence-electron chi connectivity index (χ2n) is 5.11. The van der Waals surface area contributed by atoms with E-state index >= 15 is 0 Å². The molecular weight excluding hydrogens is 217 g/mol. The van der Waals surface area contributed by atoms with Crippen molar-refractivity contribution in [1.29, 1.82) is 0 Å². The Morgan fingerprint density at radius 1 is 1.35 bits per heavy atom. The van der Waals surface area contributed by atoms with Gasteiger partial charge in [-0.15, -0.1) is 0 Å². The second-order valence-corrected chi connectivity index (χ2v) is 5.11. The highest BCUT2D eigenvalue weighted by Crippen LogP contribution is 2.28. The van der Waals surface area contributed by atoms with Crippen LogP contribution in [0, 0.1) is 12.7 Å². The van der Waals surface area contributed by atoms with Crippen LogP contribution < -0.4 is 5.32 Å². The van der Waals surface area contributed by atoms with Gasteiger partial charge in [0.05, 0.1) is 5.60 Å². The molecule has 1 fully saturated rings. The van der Waals surface area contributed by atoms with Gasteiger partial charge in [-0.05, 0) is 43.0 Å². The highest BCUT2D eigenvalue weighted by molar-refractivity contribution is 5.26. The third-order valence-electron chi connectivity index (χ3n) is 3.61. The molecular formula is C14H20FNO. The summed E-state index contributed by atoms with van der Waals surface area (Å²) in [5.41, 5.74) is 1.50. The van der Waals surface area contributed by atoms with Gasteiger partial charge in [-0.25, -0.2) is 4.39 Å². The molecule has 0 heterocycles. The van der Waals surface area contributed by atoms with Crippen LogP contribution in [0.1, 0.15) is 36.8 Å². The lowest BCUT2D eigenvalue weighted by Gasteiger charge is -2.22. The molecule has 0 saturated heterocycles. The molecule has 1 aromatic carbocycles. The lowest BCUT2D eigenvalue weighted by atomic mass is 10.0. The first kappa shape index (κ1) is 12.5. The molecule has 94 valence electrons. The van der Waals surface area contributed by atoms with Gasteiger partial charge < -0.3 is 10.4 Å². The van der Waals surface area contributed by atoms with Crippen molar-refractivity contribution >= 4 is 0 Å². The molecule has 0 bridgehead atoms. The van der Waals surface area contributed by atoms with Crippen molar-refractivity contribution < 1.29 is 9.50 Å². The van der Waals surface area contributed by atoms with Crippen LogP contribution in [0.15, 0.2) is 18.2 Å². The van der Waals surface area contributed by atoms with Gasteiger partial charge in [-0.2, -0.15) is 0 Å². The molecule has 3 heteroatoms. The topological polar surface area (TPSA) is 32.3 Å². The SMILES string of the molecule is Cc1ccc(F)cc1CNCC1(O)CCCC1. The number of hydrogen-bond donors (Lipinski definition) is 2. The molecule has 2 rings (SSSR count). The number of aryl methyl sites for hydroxylation is 1. The zero-order chi connectivity index (χ0) is 12.3. The summed E-state index contributed by atoms with van der Waals surface area (Å²) in [5, 5.41) is 13.4. The second kappa shape index (κ2) is 5.15. The Morgan fingerprint density at radius 3 is 2.76 bits per heavy atom. The van der Waals surface area contributed by atoms with Gasteiger partial charge in [-0.1, -0.05) is 18.9 Å². The van der Waals surface area contributed by atoms with Gasteiger partial charge in [0.15, 0.2) is 0 Å². The molecule has 0 atom stereocenters. The standard InChI is InChI=1S/C14H20FNO/c1-11-4-5-13(15)8-12(11)9-16-10-14(17)6-2-3-7-14/h4-5,8,16-17H,2-3,6-7,9-10H2,1H3. The van der Waals surface area contributed by atoms with Crippen LogP contribution in [0.2, 0.25) is 0 Å². The van der Waals surface area contributed by atoms with Gasteiger partial charge in [0.1, 0.15) is 5.82 Å². The third-order valence-corrected chi connectivity index (χ3v) is 3.61. The number of rotatable bonds is 4. The monoisotopic (exact) mass is 237 g/mol. The average Bonchev–Trinajstić information content (AvgIpc) is 2.71. The Morgan fingerprint density at radius 2 is 2.06 bits per heavy atom. The van der Waals surface area contributed by atoms with E-state index in [2.05, 4.69) is 5.32 Å². The Hall–Kier alpha value is -0.930. The molecule has 0 unspecified atom stereocenters. The fraction of sp³-hybridized carbons (Fsp3) is 0.571. The first-order valence-electron chi connectivity index (χ1n) is 6.27. The predicted octanol–water partition coefficient (Wildman–Crippen LogP) is 2.53. The van der Waals surface area contributed by atoms with Crippen molar-refractivity contribution in [3.05, 3.63) is 35.1 Å². The van der Waals surface area contributed by atoms with Gasteiger partial charge in [0, 0.05) is 13.1 Å². The highest BCUT2D eigenvalue weighted by atomic mass is 19.1. The normalized spacial score (nSPS) is 18.5. The summed E-state index contributed by atoms with van der Waals surface area (Å²) in [6.07, 6.45) is 3.97. The molecule has 2 nitrogen and oxygen atoms in total. The van der Waals surface area contributed by atoms with Crippen molar-refractivity contribution in [2.75, 3.05) is 6.54 Å². The molecule has 0 radical (unpaired) electrons. The molecule has 1 aliphatic carbocycles. The average molecular weight is 237 g/mol. The van der Waals surface area contributed by atoms with Gasteiger partial charge in [0.2, 0.25) is 0 Å². The van der Waals surface area contributed by atoms with Crippen LogP contribution in [0.25, 0.3) is 0 Å². The molecule has 17 heavy (non-hydrogen) atoms. The van der Waals surface area contributed by atoms with E-state index in [1.807, 2.05) is 6.92 Å². The maximum Gasteiger partial charge on any atom is 0.123 e. The molecule has 0 amide bonds. The quantitative estimate of drug-likeness (QED) is 0.843. The first-order chi connectivity index (χ1) is 8.09. The minimum Gasteiger partial charge on any atom is -0.389 e. The Kier molecular flexibility index (Phi) is 3.79. The maximum absolute atomic E-state index is 13.1. The van der Waals surface area contributed by atoms with Crippen molar-refractivity contribution in [1.82, 2.24) is 5.32 Å². The number of benzene rings is 1. The summed E-state index contributed by atoms with van der Waals surface area (Å²) < 4.78 is 13.1. The van der Waals surface area contributed by atoms with E-state index in [0.717, 1.165) is 36.8 Å². The number of nitrogens with one attached hydrogen (secondary N) is 1. The van der Waals surface area contributed by atoms with Crippen molar-refractivity contribution in [3.8, 4) is 0 Å². The van der Waals surface area contributed by atoms with E-state index in [1.165, 1.54) is 6.07 Å². The lowest BCUT2D eigenvalue weighted by Crippen LogP contribution is -2.37. The number of hydrogen-bond acceptors (Lipinski definition) is 2. The fourth-order valence-electron chi connectivity index (χ4n) is 2.47. The maximum atomic E-state index is 13.1. The van der Waals surface area contributed by atoms with Crippen molar-refractivity contribution in [2.24, 2.45) is 0 Å². The summed E-state index contributed by atoms with van der Waals surface area (Å²) in [4.78, 5) is 0. The molecule has 1 saturated carbocycles. The summed E-state index contributed by atoms with van der Waals surface area (Å²) in [6, 6.07) is 4.82. The molecule has 0 spiro atoms. The van der Waals surface area contributed by atoms with Crippen LogP contribution >= 0.6 is 0 Å². The highest BCUT2D eigenvalue weighted by Gasteiger charge is 2.30. The largest absolute Gasteiger partial charge is 0.389 e. The zero-order valence-electron chi connectivity index (χ0n) is 10.3. The fourth-order valence-corrected chi connectivity index (χ4v) is 2.47. The van der Waals surface area contributed by atoms with Crippen LogP contribution in [-0.2, 0) is 6.54 Å². The van der Waals surface area contributed by atoms with Gasteiger partial charge in [0.25, 0.3) is 0 Å². The van der Waals surface area contributed by atoms with Crippen LogP contribution in [0.5, 0.6) is 0 Å². The number of aliphatic hydroxyl groups is 1. The predicted molar refractivity (Wildman–Crippen MR) is 66.3 cm³/mol. The van der Waals surface area contributed by atoms with E-state index in [9.17, 15) is 9.50 Å². The summed E-state index contributed by atoms with van der Waals surface area (Å²) in [7, 11) is 0. The molecule has 2 N–H and O–H groups in total. The van der Waals surface area contributed by atoms with Crippen LogP contribution in [0.3, 0.4) is 0 Å². The van der Waals surface area contributed by atoms with E-state index in [4.69, 9.17) is 0 Å². The van der Waals surface area contributed by atoms with Gasteiger partial charge in [-0.3, -0.25) is 0 Å². The van der Waals surface area contributed by atoms with Crippen LogP contribution in [-0.4, -0.2) is 17.3 Å². The molecule has 0 aromatic heterocycles. The Labute approximate surface area is 102 Å². The minimum atomic E-state index is -0.540. The molecule has 1 aromatic rings. The Bertz CT molecular complexity index is 386. The summed E-state index contributed by atoms with van der Waals surface area (Å²) in [6.45, 7) is 3.19. The summed E-state index contributed by atoms with van der Waals surface area (Å²) in [5.74, 6) is -0.202. The smallest absolute Gasteiger partial charge is 0.123 e. The lowest BCUT2D eigenvalue weighted by molar-refractivity contribution is 0.0474. The van der Waals surface area contributed by atoms with Crippen molar-refractivity contribution in [2.45, 2.75) is 44.8 Å². The van der Waals surface area contributed by atoms with E-state index in [0.29, 0.717) is 13.1 Å². The number of halogens is 1. The molecule has 1 aliphatic rings. The zero-order valence-corrected chi connectivity index (χ0v) is 10.3. The van der Waals surface area contributed by atoms with E-state index in [1.54, 1.807) is 12.1 Å². The van der Waals surface area contributed by atoms with Crippen LogP contribution in [0.4, 0.5) is 4.39 Å². The van der Waals surface area contributed by atoms with Gasteiger partial charge >= 0.3 is 0 Å². The first-order valence-corrected chi connectivity index (χ1v) is 6.27. The summed E-state index contributed by atoms with van der Waals surface area (Å²) >= 11 is 0. The third kappa shape index (κ3) is 3.27. The van der Waals surface area contributed by atoms with Crippen molar-refractivity contribution in [3.63, 3.8) is 0 Å². The molecule has 0 aliphatic heterocycles. The minimum absolute atomic E-state index is 0.202. The Balaban J connectivity index is 1.87.